The van der Waals surface area contributed by atoms with Gasteiger partial charge in [-0.15, -0.1) is 0 Å². The van der Waals surface area contributed by atoms with Crippen LogP contribution in [0.15, 0.2) is 167 Å². The molecule has 238 valence electrons. The summed E-state index contributed by atoms with van der Waals surface area (Å²) in [5.74, 6) is 1.72. The van der Waals surface area contributed by atoms with Crippen molar-refractivity contribution in [3.63, 3.8) is 0 Å². The molecular weight excluding hydrogens is 629 g/mol. The molecule has 11 aromatic rings. The molecule has 6 heteroatoms. The second-order valence-electron chi connectivity index (χ2n) is 12.8. The van der Waals surface area contributed by atoms with Crippen LogP contribution in [0.4, 0.5) is 0 Å². The highest BCUT2D eigenvalue weighted by molar-refractivity contribution is 6.13. The molecule has 0 aliphatic heterocycles. The van der Waals surface area contributed by atoms with Gasteiger partial charge in [-0.1, -0.05) is 115 Å². The molecule has 0 radical (unpaired) electrons. The van der Waals surface area contributed by atoms with Crippen LogP contribution in [0.1, 0.15) is 0 Å². The van der Waals surface area contributed by atoms with Crippen LogP contribution in [0, 0.1) is 0 Å². The Morgan fingerprint density at radius 1 is 0.373 bits per heavy atom. The molecule has 0 N–H and O–H groups in total. The zero-order valence-corrected chi connectivity index (χ0v) is 27.1. The number of para-hydroxylation sites is 3. The number of rotatable bonds is 4. The number of furan rings is 2. The van der Waals surface area contributed by atoms with E-state index in [1.807, 2.05) is 72.8 Å². The van der Waals surface area contributed by atoms with Crippen molar-refractivity contribution in [3.8, 4) is 39.9 Å². The average Bonchev–Trinajstić information content (AvgIpc) is 3.87. The van der Waals surface area contributed by atoms with Gasteiger partial charge in [0.05, 0.1) is 11.0 Å². The Labute approximate surface area is 290 Å². The van der Waals surface area contributed by atoms with E-state index in [9.17, 15) is 0 Å². The second-order valence-corrected chi connectivity index (χ2v) is 12.8. The Balaban J connectivity index is 1.18. The summed E-state index contributed by atoms with van der Waals surface area (Å²) in [4.78, 5) is 15.6. The minimum absolute atomic E-state index is 0.545. The standard InChI is InChI=1S/C45H26N4O2/c1-2-11-27(12-3-1)43-46-44(34-16-10-20-41-42(34)33-15-6-9-19-39(33)51-41)48-45(47-43)49-36-17-7-4-13-30(36)31-23-21-29(26-37(31)49)28-22-24-40-35(25-28)32-14-5-8-18-38(32)50-40/h1-26H. The van der Waals surface area contributed by atoms with Crippen LogP contribution in [0.25, 0.3) is 106 Å². The Morgan fingerprint density at radius 3 is 1.88 bits per heavy atom. The van der Waals surface area contributed by atoms with Crippen LogP contribution < -0.4 is 0 Å². The summed E-state index contributed by atoms with van der Waals surface area (Å²) in [7, 11) is 0. The molecule has 4 heterocycles. The molecule has 51 heavy (non-hydrogen) atoms. The molecule has 6 nitrogen and oxygen atoms in total. The summed E-state index contributed by atoms with van der Waals surface area (Å²) in [5, 5.41) is 6.46. The van der Waals surface area contributed by atoms with E-state index in [2.05, 4.69) is 89.5 Å². The fourth-order valence-electron chi connectivity index (χ4n) is 7.53. The third kappa shape index (κ3) is 4.26. The van der Waals surface area contributed by atoms with Gasteiger partial charge in [-0.05, 0) is 53.6 Å². The Kier molecular flexibility index (Phi) is 5.86. The molecule has 7 aromatic carbocycles. The molecule has 0 saturated heterocycles. The van der Waals surface area contributed by atoms with Crippen LogP contribution in [-0.4, -0.2) is 19.5 Å². The van der Waals surface area contributed by atoms with Crippen LogP contribution in [-0.2, 0) is 0 Å². The van der Waals surface area contributed by atoms with Gasteiger partial charge in [0.2, 0.25) is 5.95 Å². The molecule has 0 spiro atoms. The third-order valence-corrected chi connectivity index (χ3v) is 9.88. The van der Waals surface area contributed by atoms with E-state index >= 15 is 0 Å². The van der Waals surface area contributed by atoms with E-state index in [-0.39, 0.29) is 0 Å². The van der Waals surface area contributed by atoms with Crippen molar-refractivity contribution in [1.82, 2.24) is 19.5 Å². The number of nitrogens with zero attached hydrogens (tertiary/aromatic N) is 4. The van der Waals surface area contributed by atoms with Gasteiger partial charge in [-0.25, -0.2) is 4.98 Å². The highest BCUT2D eigenvalue weighted by Crippen LogP contribution is 2.39. The van der Waals surface area contributed by atoms with E-state index < -0.39 is 0 Å². The maximum atomic E-state index is 6.27. The normalized spacial score (nSPS) is 11.9. The molecule has 0 aliphatic carbocycles. The van der Waals surface area contributed by atoms with Crippen molar-refractivity contribution in [1.29, 1.82) is 0 Å². The zero-order chi connectivity index (χ0) is 33.5. The van der Waals surface area contributed by atoms with Crippen molar-refractivity contribution in [2.45, 2.75) is 0 Å². The lowest BCUT2D eigenvalue weighted by Crippen LogP contribution is -2.06. The molecule has 4 aromatic heterocycles. The third-order valence-electron chi connectivity index (χ3n) is 9.88. The first-order valence-electron chi connectivity index (χ1n) is 16.9. The van der Waals surface area contributed by atoms with E-state index in [1.54, 1.807) is 0 Å². The highest BCUT2D eigenvalue weighted by atomic mass is 16.3. The second kappa shape index (κ2) is 10.7. The maximum absolute atomic E-state index is 6.27. The fraction of sp³-hybridized carbons (Fsp3) is 0. The van der Waals surface area contributed by atoms with E-state index in [4.69, 9.17) is 23.8 Å². The van der Waals surface area contributed by atoms with Gasteiger partial charge in [0.25, 0.3) is 0 Å². The zero-order valence-electron chi connectivity index (χ0n) is 27.1. The summed E-state index contributed by atoms with van der Waals surface area (Å²) in [6, 6.07) is 54.0. The van der Waals surface area contributed by atoms with Crippen molar-refractivity contribution in [2.75, 3.05) is 0 Å². The predicted molar refractivity (Wildman–Crippen MR) is 205 cm³/mol. The summed E-state index contributed by atoms with van der Waals surface area (Å²) in [6.07, 6.45) is 0. The molecule has 0 bridgehead atoms. The average molecular weight is 655 g/mol. The molecule has 0 unspecified atom stereocenters. The summed E-state index contributed by atoms with van der Waals surface area (Å²) in [6.45, 7) is 0. The summed E-state index contributed by atoms with van der Waals surface area (Å²) in [5.41, 5.74) is 9.40. The van der Waals surface area contributed by atoms with Gasteiger partial charge in [-0.2, -0.15) is 9.97 Å². The lowest BCUT2D eigenvalue weighted by molar-refractivity contribution is 0.668. The first-order chi connectivity index (χ1) is 25.3. The topological polar surface area (TPSA) is 69.9 Å². The van der Waals surface area contributed by atoms with E-state index in [0.29, 0.717) is 17.6 Å². The molecule has 11 rings (SSSR count). The Morgan fingerprint density at radius 2 is 1.00 bits per heavy atom. The van der Waals surface area contributed by atoms with Gasteiger partial charge in [0, 0.05) is 43.4 Å². The quantitative estimate of drug-likeness (QED) is 0.189. The lowest BCUT2D eigenvalue weighted by Gasteiger charge is -2.12. The van der Waals surface area contributed by atoms with Gasteiger partial charge in [0.1, 0.15) is 22.3 Å². The minimum atomic E-state index is 0.545. The lowest BCUT2D eigenvalue weighted by atomic mass is 10.0. The highest BCUT2D eigenvalue weighted by Gasteiger charge is 2.21. The number of aromatic nitrogens is 4. The number of hydrogen-bond donors (Lipinski definition) is 0. The largest absolute Gasteiger partial charge is 0.456 e. The minimum Gasteiger partial charge on any atom is -0.456 e. The molecule has 0 fully saturated rings. The monoisotopic (exact) mass is 654 g/mol. The van der Waals surface area contributed by atoms with Crippen molar-refractivity contribution in [2.24, 2.45) is 0 Å². The summed E-state index contributed by atoms with van der Waals surface area (Å²) >= 11 is 0. The molecule has 0 saturated carbocycles. The summed E-state index contributed by atoms with van der Waals surface area (Å²) < 4.78 is 14.6. The van der Waals surface area contributed by atoms with Crippen LogP contribution >= 0.6 is 0 Å². The Hall–Kier alpha value is -7.05. The van der Waals surface area contributed by atoms with Crippen molar-refractivity contribution in [3.05, 3.63) is 158 Å². The molecule has 0 aliphatic rings. The van der Waals surface area contributed by atoms with E-state index in [0.717, 1.165) is 87.9 Å². The van der Waals surface area contributed by atoms with Gasteiger partial charge < -0.3 is 8.83 Å². The predicted octanol–water partition coefficient (Wildman–Crippen LogP) is 11.8. The van der Waals surface area contributed by atoms with Crippen LogP contribution in [0.3, 0.4) is 0 Å². The molecule has 0 atom stereocenters. The smallest absolute Gasteiger partial charge is 0.238 e. The van der Waals surface area contributed by atoms with Crippen LogP contribution in [0.5, 0.6) is 0 Å². The molecular formula is C45H26N4O2. The van der Waals surface area contributed by atoms with E-state index in [1.165, 1.54) is 0 Å². The first-order valence-corrected chi connectivity index (χ1v) is 16.9. The number of hydrogen-bond acceptors (Lipinski definition) is 5. The first kappa shape index (κ1) is 27.9. The van der Waals surface area contributed by atoms with Crippen molar-refractivity contribution < 1.29 is 8.83 Å². The SMILES string of the molecule is c1ccc(-c2nc(-c3cccc4oc5ccccc5c34)nc(-n3c4ccccc4c4ccc(-c5ccc6oc7ccccc7c6c5)cc43)n2)cc1. The molecule has 0 amide bonds. The van der Waals surface area contributed by atoms with Gasteiger partial charge >= 0.3 is 0 Å². The van der Waals surface area contributed by atoms with Gasteiger partial charge in [0.15, 0.2) is 11.6 Å². The number of benzene rings is 7. The maximum Gasteiger partial charge on any atom is 0.238 e. The number of fused-ring (bicyclic) bond motifs is 9. The fourth-order valence-corrected chi connectivity index (χ4v) is 7.53. The van der Waals surface area contributed by atoms with Crippen LogP contribution in [0.2, 0.25) is 0 Å². The van der Waals surface area contributed by atoms with Gasteiger partial charge in [-0.3, -0.25) is 4.57 Å². The Bertz CT molecular complexity index is 3150. The van der Waals surface area contributed by atoms with Crippen molar-refractivity contribution >= 4 is 65.7 Å².